The van der Waals surface area contributed by atoms with E-state index in [2.05, 4.69) is 38.7 Å². The van der Waals surface area contributed by atoms with Gasteiger partial charge in [0, 0.05) is 12.3 Å². The third kappa shape index (κ3) is 5.91. The minimum atomic E-state index is -0.122. The molecule has 1 atom stereocenters. The van der Waals surface area contributed by atoms with Crippen LogP contribution in [0.2, 0.25) is 0 Å². The van der Waals surface area contributed by atoms with Crippen molar-refractivity contribution >= 4 is 0 Å². The maximum absolute atomic E-state index is 5.60. The largest absolute Gasteiger partial charge is 0.475 e. The lowest BCUT2D eigenvalue weighted by atomic mass is 9.78. The number of hydrogen-bond acceptors (Lipinski definition) is 3. The van der Waals surface area contributed by atoms with E-state index < -0.39 is 0 Å². The van der Waals surface area contributed by atoms with Crippen LogP contribution in [0.25, 0.3) is 0 Å². The van der Waals surface area contributed by atoms with Gasteiger partial charge >= 0.3 is 0 Å². The second kappa shape index (κ2) is 6.57. The molecule has 0 aliphatic rings. The number of rotatable bonds is 5. The molecule has 1 unspecified atom stereocenters. The van der Waals surface area contributed by atoms with Gasteiger partial charge in [-0.1, -0.05) is 33.8 Å². The van der Waals surface area contributed by atoms with E-state index in [0.29, 0.717) is 25.0 Å². The van der Waals surface area contributed by atoms with Crippen molar-refractivity contribution in [3.05, 3.63) is 23.9 Å². The molecule has 3 heteroatoms. The average molecular weight is 279 g/mol. The third-order valence-electron chi connectivity index (χ3n) is 3.43. The fourth-order valence-electron chi connectivity index (χ4n) is 1.73. The van der Waals surface area contributed by atoms with E-state index in [9.17, 15) is 0 Å². The molecule has 1 aromatic heterocycles. The predicted molar refractivity (Wildman–Crippen MR) is 83.3 cm³/mol. The first-order chi connectivity index (χ1) is 9.09. The van der Waals surface area contributed by atoms with E-state index in [-0.39, 0.29) is 11.0 Å². The molecule has 0 aliphatic carbocycles. The molecule has 20 heavy (non-hydrogen) atoms. The summed E-state index contributed by atoms with van der Waals surface area (Å²) in [6.45, 7) is 16.2. The molecular weight excluding hydrogens is 250 g/mol. The molecule has 0 radical (unpaired) electrons. The van der Waals surface area contributed by atoms with Crippen LogP contribution < -0.4 is 4.74 Å². The van der Waals surface area contributed by atoms with Gasteiger partial charge in [0.15, 0.2) is 0 Å². The van der Waals surface area contributed by atoms with Crippen molar-refractivity contribution in [1.82, 2.24) is 4.98 Å². The molecule has 0 amide bonds. The fourth-order valence-corrected chi connectivity index (χ4v) is 1.73. The Balaban J connectivity index is 2.47. The summed E-state index contributed by atoms with van der Waals surface area (Å²) in [5, 5.41) is 0. The van der Waals surface area contributed by atoms with Crippen molar-refractivity contribution in [3.63, 3.8) is 0 Å². The lowest BCUT2D eigenvalue weighted by molar-refractivity contribution is -0.0168. The monoisotopic (exact) mass is 279 g/mol. The third-order valence-corrected chi connectivity index (χ3v) is 3.43. The Hall–Kier alpha value is -1.09. The summed E-state index contributed by atoms with van der Waals surface area (Å²) in [4.78, 5) is 4.37. The van der Waals surface area contributed by atoms with Crippen LogP contribution in [-0.4, -0.2) is 23.8 Å². The Labute approximate surface area is 123 Å². The summed E-state index contributed by atoms with van der Waals surface area (Å²) in [5.41, 5.74) is 1.36. The summed E-state index contributed by atoms with van der Waals surface area (Å²) in [6.07, 6.45) is 1.91. The van der Waals surface area contributed by atoms with Crippen molar-refractivity contribution in [3.8, 4) is 5.88 Å². The van der Waals surface area contributed by atoms with Gasteiger partial charge in [-0.2, -0.15) is 0 Å². The molecule has 0 fully saturated rings. The normalized spacial score (nSPS) is 14.2. The first-order valence-corrected chi connectivity index (χ1v) is 7.32. The summed E-state index contributed by atoms with van der Waals surface area (Å²) in [7, 11) is 0. The highest BCUT2D eigenvalue weighted by Crippen LogP contribution is 2.34. The van der Waals surface area contributed by atoms with E-state index >= 15 is 0 Å². The SMILES string of the molecule is CC(c1ccc(OCCOC(C)(C)C)nc1)C(C)(C)C. The van der Waals surface area contributed by atoms with E-state index in [1.165, 1.54) is 5.56 Å². The zero-order valence-electron chi connectivity index (χ0n) is 14.0. The second-order valence-corrected chi connectivity index (χ2v) is 7.33. The van der Waals surface area contributed by atoms with E-state index in [1.54, 1.807) is 0 Å². The molecule has 1 rings (SSSR count). The molecule has 0 bridgehead atoms. The number of nitrogens with zero attached hydrogens (tertiary/aromatic N) is 1. The van der Waals surface area contributed by atoms with Crippen LogP contribution in [0.4, 0.5) is 0 Å². The first kappa shape index (κ1) is 17.0. The topological polar surface area (TPSA) is 31.4 Å². The Morgan fingerprint density at radius 1 is 1.05 bits per heavy atom. The Bertz CT molecular complexity index is 398. The molecule has 0 saturated heterocycles. The minimum absolute atomic E-state index is 0.122. The van der Waals surface area contributed by atoms with Crippen LogP contribution in [0.5, 0.6) is 5.88 Å². The number of hydrogen-bond donors (Lipinski definition) is 0. The van der Waals surface area contributed by atoms with Crippen LogP contribution in [0.3, 0.4) is 0 Å². The van der Waals surface area contributed by atoms with Crippen LogP contribution in [-0.2, 0) is 4.74 Å². The molecule has 0 aliphatic heterocycles. The van der Waals surface area contributed by atoms with Crippen molar-refractivity contribution in [1.29, 1.82) is 0 Å². The van der Waals surface area contributed by atoms with Gasteiger partial charge in [-0.05, 0) is 37.7 Å². The van der Waals surface area contributed by atoms with Crippen LogP contribution in [0, 0.1) is 5.41 Å². The molecular formula is C17H29NO2. The Morgan fingerprint density at radius 3 is 2.15 bits per heavy atom. The molecule has 3 nitrogen and oxygen atoms in total. The van der Waals surface area contributed by atoms with Gasteiger partial charge in [0.1, 0.15) is 6.61 Å². The molecule has 1 heterocycles. The van der Waals surface area contributed by atoms with Gasteiger partial charge in [-0.25, -0.2) is 4.98 Å². The van der Waals surface area contributed by atoms with Gasteiger partial charge in [-0.15, -0.1) is 0 Å². The van der Waals surface area contributed by atoms with Crippen molar-refractivity contribution in [2.24, 2.45) is 5.41 Å². The fraction of sp³-hybridized carbons (Fsp3) is 0.706. The lowest BCUT2D eigenvalue weighted by Gasteiger charge is -2.27. The van der Waals surface area contributed by atoms with Crippen molar-refractivity contribution in [2.45, 2.75) is 60.0 Å². The predicted octanol–water partition coefficient (Wildman–Crippen LogP) is 4.43. The molecule has 0 N–H and O–H groups in total. The van der Waals surface area contributed by atoms with Gasteiger partial charge in [-0.3, -0.25) is 0 Å². The van der Waals surface area contributed by atoms with Gasteiger partial charge in [0.2, 0.25) is 5.88 Å². The number of aromatic nitrogens is 1. The van der Waals surface area contributed by atoms with Crippen molar-refractivity contribution in [2.75, 3.05) is 13.2 Å². The molecule has 114 valence electrons. The standard InChI is InChI=1S/C17H29NO2/c1-13(16(2,3)4)14-8-9-15(18-12-14)19-10-11-20-17(5,6)7/h8-9,12-13H,10-11H2,1-7H3. The molecule has 0 aromatic carbocycles. The highest BCUT2D eigenvalue weighted by molar-refractivity contribution is 5.22. The second-order valence-electron chi connectivity index (χ2n) is 7.33. The van der Waals surface area contributed by atoms with E-state index in [4.69, 9.17) is 9.47 Å². The average Bonchev–Trinajstić information content (AvgIpc) is 2.32. The summed E-state index contributed by atoms with van der Waals surface area (Å²) in [5.74, 6) is 1.13. The summed E-state index contributed by atoms with van der Waals surface area (Å²) in [6, 6.07) is 4.04. The number of pyridine rings is 1. The maximum atomic E-state index is 5.60. The first-order valence-electron chi connectivity index (χ1n) is 7.32. The molecule has 1 aromatic rings. The minimum Gasteiger partial charge on any atom is -0.475 e. The van der Waals surface area contributed by atoms with Crippen LogP contribution in [0.1, 0.15) is 59.9 Å². The van der Waals surface area contributed by atoms with E-state index in [0.717, 1.165) is 0 Å². The maximum Gasteiger partial charge on any atom is 0.213 e. The zero-order valence-corrected chi connectivity index (χ0v) is 14.0. The van der Waals surface area contributed by atoms with Gasteiger partial charge in [0.25, 0.3) is 0 Å². The molecule has 0 spiro atoms. The Morgan fingerprint density at radius 2 is 1.70 bits per heavy atom. The van der Waals surface area contributed by atoms with Crippen molar-refractivity contribution < 1.29 is 9.47 Å². The molecule has 0 saturated carbocycles. The smallest absolute Gasteiger partial charge is 0.213 e. The number of ether oxygens (including phenoxy) is 2. The Kier molecular flexibility index (Phi) is 5.58. The quantitative estimate of drug-likeness (QED) is 0.747. The van der Waals surface area contributed by atoms with E-state index in [1.807, 2.05) is 33.0 Å². The van der Waals surface area contributed by atoms with Crippen LogP contribution >= 0.6 is 0 Å². The van der Waals surface area contributed by atoms with Crippen LogP contribution in [0.15, 0.2) is 18.3 Å². The highest BCUT2D eigenvalue weighted by Gasteiger charge is 2.21. The summed E-state index contributed by atoms with van der Waals surface area (Å²) < 4.78 is 11.2. The lowest BCUT2D eigenvalue weighted by Crippen LogP contribution is -2.22. The van der Waals surface area contributed by atoms with Gasteiger partial charge < -0.3 is 9.47 Å². The zero-order chi connectivity index (χ0) is 15.4. The summed E-state index contributed by atoms with van der Waals surface area (Å²) >= 11 is 0. The highest BCUT2D eigenvalue weighted by atomic mass is 16.5. The van der Waals surface area contributed by atoms with Gasteiger partial charge in [0.05, 0.1) is 12.2 Å².